The molecule has 0 aliphatic heterocycles. The van der Waals surface area contributed by atoms with Crippen LogP contribution in [0.2, 0.25) is 0 Å². The number of hydrogen-bond acceptors (Lipinski definition) is 1. The number of nitrogens with zero attached hydrogens (tertiary/aromatic N) is 1. The van der Waals surface area contributed by atoms with Gasteiger partial charge in [0.05, 0.1) is 5.56 Å². The van der Waals surface area contributed by atoms with Gasteiger partial charge < -0.3 is 0 Å². The lowest BCUT2D eigenvalue weighted by Crippen LogP contribution is -1.86. The smallest absolute Gasteiger partial charge is 0.100 e. The fourth-order valence-corrected chi connectivity index (χ4v) is 2.39. The van der Waals surface area contributed by atoms with E-state index >= 15 is 0 Å². The molecule has 1 aromatic rings. The Morgan fingerprint density at radius 1 is 1.27 bits per heavy atom. The van der Waals surface area contributed by atoms with E-state index in [-0.39, 0.29) is 0 Å². The summed E-state index contributed by atoms with van der Waals surface area (Å²) in [4.78, 5) is 0. The summed E-state index contributed by atoms with van der Waals surface area (Å²) in [6.07, 6.45) is 0. The fourth-order valence-electron chi connectivity index (χ4n) is 0.743. The zero-order chi connectivity index (χ0) is 8.43. The van der Waals surface area contributed by atoms with Gasteiger partial charge in [-0.2, -0.15) is 5.26 Å². The summed E-state index contributed by atoms with van der Waals surface area (Å²) < 4.78 is 2.24. The Kier molecular flexibility index (Phi) is 3.13. The van der Waals surface area contributed by atoms with Gasteiger partial charge in [-0.05, 0) is 69.8 Å². The SMILES string of the molecule is Cc1cc(C#N)c(I)cc1I. The van der Waals surface area contributed by atoms with Gasteiger partial charge in [0.2, 0.25) is 0 Å². The molecule has 0 radical (unpaired) electrons. The van der Waals surface area contributed by atoms with Crippen LogP contribution in [0.25, 0.3) is 0 Å². The van der Waals surface area contributed by atoms with E-state index in [4.69, 9.17) is 5.26 Å². The molecule has 0 heterocycles. The molecule has 0 spiro atoms. The Morgan fingerprint density at radius 3 is 2.45 bits per heavy atom. The van der Waals surface area contributed by atoms with Crippen LogP contribution in [0.5, 0.6) is 0 Å². The third-order valence-electron chi connectivity index (χ3n) is 1.37. The van der Waals surface area contributed by atoms with Crippen molar-refractivity contribution in [2.75, 3.05) is 0 Å². The molecule has 0 aliphatic carbocycles. The van der Waals surface area contributed by atoms with E-state index in [9.17, 15) is 0 Å². The zero-order valence-electron chi connectivity index (χ0n) is 5.86. The second-order valence-electron chi connectivity index (χ2n) is 2.19. The minimum absolute atomic E-state index is 0.767. The van der Waals surface area contributed by atoms with Crippen LogP contribution >= 0.6 is 45.2 Å². The van der Waals surface area contributed by atoms with E-state index in [1.807, 2.05) is 19.1 Å². The molecule has 11 heavy (non-hydrogen) atoms. The highest BCUT2D eigenvalue weighted by Gasteiger charge is 2.01. The van der Waals surface area contributed by atoms with Gasteiger partial charge in [0.15, 0.2) is 0 Å². The van der Waals surface area contributed by atoms with Crippen molar-refractivity contribution in [3.05, 3.63) is 30.4 Å². The van der Waals surface area contributed by atoms with Crippen LogP contribution in [0.1, 0.15) is 11.1 Å². The molecule has 0 N–H and O–H groups in total. The van der Waals surface area contributed by atoms with Gasteiger partial charge in [-0.3, -0.25) is 0 Å². The molecule has 0 amide bonds. The summed E-state index contributed by atoms with van der Waals surface area (Å²) in [7, 11) is 0. The van der Waals surface area contributed by atoms with Crippen molar-refractivity contribution in [3.63, 3.8) is 0 Å². The Labute approximate surface area is 93.1 Å². The van der Waals surface area contributed by atoms with Crippen molar-refractivity contribution in [3.8, 4) is 6.07 Å². The lowest BCUT2D eigenvalue weighted by Gasteiger charge is -1.99. The second kappa shape index (κ2) is 3.72. The van der Waals surface area contributed by atoms with Crippen molar-refractivity contribution in [2.24, 2.45) is 0 Å². The highest BCUT2D eigenvalue weighted by atomic mass is 127. The summed E-state index contributed by atoms with van der Waals surface area (Å²) in [5.41, 5.74) is 1.94. The average molecular weight is 369 g/mol. The summed E-state index contributed by atoms with van der Waals surface area (Å²) in [6, 6.07) is 6.10. The number of benzene rings is 1. The van der Waals surface area contributed by atoms with Crippen LogP contribution in [0.4, 0.5) is 0 Å². The van der Waals surface area contributed by atoms with Gasteiger partial charge in [-0.1, -0.05) is 0 Å². The van der Waals surface area contributed by atoms with Gasteiger partial charge in [0, 0.05) is 7.14 Å². The predicted molar refractivity (Wildman–Crippen MR) is 61.3 cm³/mol. The first-order valence-electron chi connectivity index (χ1n) is 3.01. The first-order valence-corrected chi connectivity index (χ1v) is 5.16. The highest BCUT2D eigenvalue weighted by molar-refractivity contribution is 14.1. The molecule has 56 valence electrons. The minimum atomic E-state index is 0.767. The summed E-state index contributed by atoms with van der Waals surface area (Å²) >= 11 is 4.44. The number of halogens is 2. The number of nitriles is 1. The van der Waals surface area contributed by atoms with Crippen LogP contribution in [-0.4, -0.2) is 0 Å². The molecule has 0 saturated carbocycles. The van der Waals surface area contributed by atoms with Crippen molar-refractivity contribution in [1.82, 2.24) is 0 Å². The molecular formula is C8H5I2N. The fraction of sp³-hybridized carbons (Fsp3) is 0.125. The van der Waals surface area contributed by atoms with Crippen LogP contribution in [-0.2, 0) is 0 Å². The maximum Gasteiger partial charge on any atom is 0.100 e. The highest BCUT2D eigenvalue weighted by Crippen LogP contribution is 2.18. The van der Waals surface area contributed by atoms with Crippen molar-refractivity contribution in [2.45, 2.75) is 6.92 Å². The topological polar surface area (TPSA) is 23.8 Å². The summed E-state index contributed by atoms with van der Waals surface area (Å²) in [6.45, 7) is 2.01. The third-order valence-corrected chi connectivity index (χ3v) is 3.42. The maximum atomic E-state index is 8.68. The third kappa shape index (κ3) is 2.06. The molecule has 1 rings (SSSR count). The second-order valence-corrected chi connectivity index (χ2v) is 4.52. The molecular weight excluding hydrogens is 364 g/mol. The van der Waals surface area contributed by atoms with Gasteiger partial charge in [0.25, 0.3) is 0 Å². The van der Waals surface area contributed by atoms with E-state index in [0.29, 0.717) is 0 Å². The molecule has 0 fully saturated rings. The van der Waals surface area contributed by atoms with Gasteiger partial charge >= 0.3 is 0 Å². The minimum Gasteiger partial charge on any atom is -0.192 e. The maximum absolute atomic E-state index is 8.68. The molecule has 0 aromatic heterocycles. The van der Waals surface area contributed by atoms with Gasteiger partial charge in [-0.15, -0.1) is 0 Å². The van der Waals surface area contributed by atoms with Crippen LogP contribution < -0.4 is 0 Å². The molecule has 0 saturated heterocycles. The molecule has 0 atom stereocenters. The molecule has 0 aliphatic rings. The number of hydrogen-bond donors (Lipinski definition) is 0. The lowest BCUT2D eigenvalue weighted by atomic mass is 10.2. The standard InChI is InChI=1S/C8H5I2N/c1-5-2-6(4-11)8(10)3-7(5)9/h2-3H,1H3. The van der Waals surface area contributed by atoms with E-state index in [1.54, 1.807) is 0 Å². The van der Waals surface area contributed by atoms with Crippen molar-refractivity contribution >= 4 is 45.2 Å². The largest absolute Gasteiger partial charge is 0.192 e. The van der Waals surface area contributed by atoms with Gasteiger partial charge in [0.1, 0.15) is 6.07 Å². The number of rotatable bonds is 0. The first-order chi connectivity index (χ1) is 5.15. The molecule has 1 aromatic carbocycles. The number of aryl methyl sites for hydroxylation is 1. The van der Waals surface area contributed by atoms with E-state index < -0.39 is 0 Å². The van der Waals surface area contributed by atoms with E-state index in [0.717, 1.165) is 9.13 Å². The predicted octanol–water partition coefficient (Wildman–Crippen LogP) is 3.08. The molecule has 0 unspecified atom stereocenters. The van der Waals surface area contributed by atoms with E-state index in [1.165, 1.54) is 9.13 Å². The summed E-state index contributed by atoms with van der Waals surface area (Å²) in [5.74, 6) is 0. The van der Waals surface area contributed by atoms with Crippen LogP contribution in [0.3, 0.4) is 0 Å². The van der Waals surface area contributed by atoms with Crippen molar-refractivity contribution < 1.29 is 0 Å². The Morgan fingerprint density at radius 2 is 1.91 bits per heavy atom. The molecule has 0 bridgehead atoms. The quantitative estimate of drug-likeness (QED) is 0.645. The molecule has 1 nitrogen and oxygen atoms in total. The lowest BCUT2D eigenvalue weighted by molar-refractivity contribution is 1.37. The van der Waals surface area contributed by atoms with Crippen LogP contribution in [0.15, 0.2) is 12.1 Å². The Bertz CT molecular complexity index is 326. The van der Waals surface area contributed by atoms with E-state index in [2.05, 4.69) is 51.3 Å². The average Bonchev–Trinajstić information content (AvgIpc) is 1.97. The summed E-state index contributed by atoms with van der Waals surface area (Å²) in [5, 5.41) is 8.68. The Balaban J connectivity index is 3.35. The Hall–Kier alpha value is 0.170. The van der Waals surface area contributed by atoms with Crippen LogP contribution in [0, 0.1) is 25.4 Å². The first kappa shape index (κ1) is 9.26. The zero-order valence-corrected chi connectivity index (χ0v) is 10.2. The normalized spacial score (nSPS) is 9.27. The van der Waals surface area contributed by atoms with Gasteiger partial charge in [-0.25, -0.2) is 0 Å². The monoisotopic (exact) mass is 369 g/mol. The van der Waals surface area contributed by atoms with Crippen molar-refractivity contribution in [1.29, 1.82) is 5.26 Å². The molecule has 3 heteroatoms.